The standard InChI is InChI=1S/C6H5ClF3N3/c7-5(6(8,9)10)3-1-13-4(11)2-12-3/h1-2,5H,(H2,11,13). The van der Waals surface area contributed by atoms with Crippen LogP contribution >= 0.6 is 11.6 Å². The minimum atomic E-state index is -4.52. The van der Waals surface area contributed by atoms with Gasteiger partial charge in [-0.15, -0.1) is 11.6 Å². The van der Waals surface area contributed by atoms with E-state index >= 15 is 0 Å². The van der Waals surface area contributed by atoms with Gasteiger partial charge in [-0.1, -0.05) is 0 Å². The molecule has 0 aliphatic heterocycles. The number of nitrogens with zero attached hydrogens (tertiary/aromatic N) is 2. The van der Waals surface area contributed by atoms with Crippen LogP contribution in [0.15, 0.2) is 12.4 Å². The summed E-state index contributed by atoms with van der Waals surface area (Å²) in [6.07, 6.45) is -2.59. The van der Waals surface area contributed by atoms with E-state index in [-0.39, 0.29) is 11.5 Å². The summed E-state index contributed by atoms with van der Waals surface area (Å²) in [5.41, 5.74) is 4.78. The largest absolute Gasteiger partial charge is 0.410 e. The molecule has 0 fully saturated rings. The molecule has 1 rings (SSSR count). The molecule has 0 radical (unpaired) electrons. The number of halogens is 4. The molecule has 2 N–H and O–H groups in total. The van der Waals surface area contributed by atoms with Crippen molar-refractivity contribution in [2.75, 3.05) is 5.73 Å². The summed E-state index contributed by atoms with van der Waals surface area (Å²) in [6.45, 7) is 0. The van der Waals surface area contributed by atoms with Crippen LogP contribution in [0.5, 0.6) is 0 Å². The van der Waals surface area contributed by atoms with E-state index in [4.69, 9.17) is 17.3 Å². The van der Waals surface area contributed by atoms with E-state index in [0.29, 0.717) is 0 Å². The van der Waals surface area contributed by atoms with E-state index in [1.54, 1.807) is 0 Å². The van der Waals surface area contributed by atoms with Crippen molar-refractivity contribution < 1.29 is 13.2 Å². The van der Waals surface area contributed by atoms with Gasteiger partial charge in [0.1, 0.15) is 5.82 Å². The van der Waals surface area contributed by atoms with Crippen molar-refractivity contribution in [3.63, 3.8) is 0 Å². The Kier molecular flexibility index (Phi) is 2.60. The molecule has 0 amide bonds. The number of alkyl halides is 4. The molecule has 1 heterocycles. The zero-order chi connectivity index (χ0) is 10.1. The molecular formula is C6H5ClF3N3. The first-order valence-corrected chi connectivity index (χ1v) is 3.63. The Balaban J connectivity index is 2.90. The molecule has 3 nitrogen and oxygen atoms in total. The highest BCUT2D eigenvalue weighted by Gasteiger charge is 2.40. The van der Waals surface area contributed by atoms with Gasteiger partial charge in [-0.05, 0) is 0 Å². The number of nitrogens with two attached hydrogens (primary N) is 1. The van der Waals surface area contributed by atoms with E-state index in [2.05, 4.69) is 9.97 Å². The summed E-state index contributed by atoms with van der Waals surface area (Å²) in [7, 11) is 0. The molecule has 1 aromatic rings. The number of hydrogen-bond donors (Lipinski definition) is 1. The van der Waals surface area contributed by atoms with Crippen molar-refractivity contribution in [2.45, 2.75) is 11.6 Å². The third-order valence-electron chi connectivity index (χ3n) is 1.24. The van der Waals surface area contributed by atoms with Crippen LogP contribution in [0.1, 0.15) is 11.1 Å². The number of hydrogen-bond acceptors (Lipinski definition) is 3. The Morgan fingerprint density at radius 2 is 1.92 bits per heavy atom. The predicted molar refractivity (Wildman–Crippen MR) is 41.1 cm³/mol. The van der Waals surface area contributed by atoms with Crippen molar-refractivity contribution in [1.82, 2.24) is 9.97 Å². The van der Waals surface area contributed by atoms with Crippen LogP contribution in [0.25, 0.3) is 0 Å². The molecule has 0 saturated heterocycles. The quantitative estimate of drug-likeness (QED) is 0.722. The maximum Gasteiger partial charge on any atom is 0.410 e. The molecule has 13 heavy (non-hydrogen) atoms. The fourth-order valence-electron chi connectivity index (χ4n) is 0.647. The highest BCUT2D eigenvalue weighted by atomic mass is 35.5. The maximum absolute atomic E-state index is 12.0. The predicted octanol–water partition coefficient (Wildman–Crippen LogP) is 1.90. The molecule has 0 spiro atoms. The van der Waals surface area contributed by atoms with Crippen LogP contribution in [-0.4, -0.2) is 16.1 Å². The Hall–Kier alpha value is -1.04. The second kappa shape index (κ2) is 3.37. The van der Waals surface area contributed by atoms with Gasteiger partial charge in [0.2, 0.25) is 0 Å². The minimum absolute atomic E-state index is 0.0507. The summed E-state index contributed by atoms with van der Waals surface area (Å²) in [4.78, 5) is 6.85. The summed E-state index contributed by atoms with van der Waals surface area (Å²) < 4.78 is 36.0. The molecule has 0 aromatic carbocycles. The van der Waals surface area contributed by atoms with E-state index in [9.17, 15) is 13.2 Å². The molecule has 72 valence electrons. The van der Waals surface area contributed by atoms with Crippen molar-refractivity contribution >= 4 is 17.4 Å². The fraction of sp³-hybridized carbons (Fsp3) is 0.333. The van der Waals surface area contributed by atoms with Gasteiger partial charge in [-0.3, -0.25) is 4.98 Å². The third kappa shape index (κ3) is 2.45. The van der Waals surface area contributed by atoms with Gasteiger partial charge in [0.15, 0.2) is 5.38 Å². The zero-order valence-electron chi connectivity index (χ0n) is 6.22. The summed E-state index contributed by atoms with van der Waals surface area (Å²) in [6, 6.07) is 0. The third-order valence-corrected chi connectivity index (χ3v) is 1.71. The van der Waals surface area contributed by atoms with Crippen molar-refractivity contribution in [3.05, 3.63) is 18.1 Å². The van der Waals surface area contributed by atoms with Gasteiger partial charge in [-0.2, -0.15) is 13.2 Å². The van der Waals surface area contributed by atoms with Crippen LogP contribution in [0.2, 0.25) is 0 Å². The molecule has 0 aliphatic rings. The Morgan fingerprint density at radius 1 is 1.31 bits per heavy atom. The van der Waals surface area contributed by atoms with Gasteiger partial charge in [0.05, 0.1) is 18.1 Å². The Bertz CT molecular complexity index is 284. The lowest BCUT2D eigenvalue weighted by molar-refractivity contribution is -0.132. The molecule has 7 heteroatoms. The van der Waals surface area contributed by atoms with Gasteiger partial charge in [-0.25, -0.2) is 4.98 Å². The van der Waals surface area contributed by atoms with Gasteiger partial charge in [0, 0.05) is 0 Å². The number of aromatic nitrogens is 2. The average Bonchev–Trinajstić information content (AvgIpc) is 2.03. The van der Waals surface area contributed by atoms with Crippen molar-refractivity contribution in [3.8, 4) is 0 Å². The molecule has 1 aromatic heterocycles. The monoisotopic (exact) mass is 211 g/mol. The summed E-state index contributed by atoms with van der Waals surface area (Å²) >= 11 is 5.07. The second-order valence-corrected chi connectivity index (χ2v) is 2.71. The zero-order valence-corrected chi connectivity index (χ0v) is 6.97. The van der Waals surface area contributed by atoms with Crippen LogP contribution in [-0.2, 0) is 0 Å². The SMILES string of the molecule is Nc1cnc(C(Cl)C(F)(F)F)cn1. The van der Waals surface area contributed by atoms with E-state index in [0.717, 1.165) is 12.4 Å². The van der Waals surface area contributed by atoms with E-state index in [1.165, 1.54) is 0 Å². The van der Waals surface area contributed by atoms with Crippen LogP contribution in [0, 0.1) is 0 Å². The van der Waals surface area contributed by atoms with Crippen molar-refractivity contribution in [2.24, 2.45) is 0 Å². The normalized spacial score (nSPS) is 14.2. The van der Waals surface area contributed by atoms with Gasteiger partial charge >= 0.3 is 6.18 Å². The van der Waals surface area contributed by atoms with Gasteiger partial charge < -0.3 is 5.73 Å². The lowest BCUT2D eigenvalue weighted by Gasteiger charge is -2.11. The number of rotatable bonds is 1. The summed E-state index contributed by atoms with van der Waals surface area (Å²) in [5, 5.41) is -2.14. The molecular weight excluding hydrogens is 207 g/mol. The first-order valence-electron chi connectivity index (χ1n) is 3.19. The number of nitrogen functional groups attached to an aromatic ring is 1. The lowest BCUT2D eigenvalue weighted by atomic mass is 10.3. The lowest BCUT2D eigenvalue weighted by Crippen LogP contribution is -2.17. The van der Waals surface area contributed by atoms with Crippen LogP contribution < -0.4 is 5.73 Å². The first-order chi connectivity index (χ1) is 5.91. The maximum atomic E-state index is 12.0. The first kappa shape index (κ1) is 10.0. The average molecular weight is 212 g/mol. The summed E-state index contributed by atoms with van der Waals surface area (Å²) in [5.74, 6) is 0.0507. The Morgan fingerprint density at radius 3 is 2.31 bits per heavy atom. The van der Waals surface area contributed by atoms with Gasteiger partial charge in [0.25, 0.3) is 0 Å². The molecule has 0 saturated carbocycles. The molecule has 0 aliphatic carbocycles. The van der Waals surface area contributed by atoms with E-state index < -0.39 is 11.6 Å². The molecule has 1 atom stereocenters. The Labute approximate surface area is 76.7 Å². The fourth-order valence-corrected chi connectivity index (χ4v) is 0.759. The second-order valence-electron chi connectivity index (χ2n) is 2.27. The smallest absolute Gasteiger partial charge is 0.382 e. The minimum Gasteiger partial charge on any atom is -0.382 e. The van der Waals surface area contributed by atoms with Crippen LogP contribution in [0.3, 0.4) is 0 Å². The molecule has 0 bridgehead atoms. The van der Waals surface area contributed by atoms with Crippen molar-refractivity contribution in [1.29, 1.82) is 0 Å². The van der Waals surface area contributed by atoms with E-state index in [1.807, 2.05) is 0 Å². The molecule has 1 unspecified atom stereocenters. The highest BCUT2D eigenvalue weighted by Crippen LogP contribution is 2.36. The highest BCUT2D eigenvalue weighted by molar-refractivity contribution is 6.21. The van der Waals surface area contributed by atoms with Crippen LogP contribution in [0.4, 0.5) is 19.0 Å². The topological polar surface area (TPSA) is 51.8 Å². The number of anilines is 1.